The van der Waals surface area contributed by atoms with Gasteiger partial charge in [-0.1, -0.05) is 0 Å². The number of aryl methyl sites for hydroxylation is 1. The summed E-state index contributed by atoms with van der Waals surface area (Å²) >= 11 is 1.50. The van der Waals surface area contributed by atoms with Crippen molar-refractivity contribution < 1.29 is 9.50 Å². The van der Waals surface area contributed by atoms with Gasteiger partial charge in [0.25, 0.3) is 0 Å². The molecular formula is C13H16FN3OS. The summed E-state index contributed by atoms with van der Waals surface area (Å²) in [5.74, 6) is 1.08. The quantitative estimate of drug-likeness (QED) is 0.824. The first kappa shape index (κ1) is 14.0. The summed E-state index contributed by atoms with van der Waals surface area (Å²) in [6.45, 7) is 2.73. The Morgan fingerprint density at radius 2 is 2.11 bits per heavy atom. The Bertz CT molecular complexity index is 515. The Hall–Kier alpha value is -1.40. The molecule has 0 aliphatic rings. The zero-order valence-corrected chi connectivity index (χ0v) is 11.5. The molecule has 2 aromatic rings. The van der Waals surface area contributed by atoms with E-state index >= 15 is 0 Å². The summed E-state index contributed by atoms with van der Waals surface area (Å²) in [5, 5.41) is 14.0. The number of aromatic nitrogens is 3. The third-order valence-corrected chi connectivity index (χ3v) is 3.83. The van der Waals surface area contributed by atoms with E-state index in [-0.39, 0.29) is 5.82 Å². The van der Waals surface area contributed by atoms with Gasteiger partial charge < -0.3 is 5.11 Å². The van der Waals surface area contributed by atoms with Crippen molar-refractivity contribution in [3.63, 3.8) is 0 Å². The number of benzene rings is 1. The number of rotatable bonds is 6. The number of hydrogen-bond acceptors (Lipinski definition) is 4. The highest BCUT2D eigenvalue weighted by Gasteiger charge is 2.11. The molecule has 2 rings (SSSR count). The summed E-state index contributed by atoms with van der Waals surface area (Å²) in [6.07, 6.45) is 1.48. The van der Waals surface area contributed by atoms with E-state index in [2.05, 4.69) is 10.1 Å². The molecule has 102 valence electrons. The van der Waals surface area contributed by atoms with Crippen LogP contribution in [0.2, 0.25) is 0 Å². The van der Waals surface area contributed by atoms with E-state index in [9.17, 15) is 9.50 Å². The maximum Gasteiger partial charge on any atom is 0.138 e. The molecule has 1 atom stereocenters. The Morgan fingerprint density at radius 1 is 1.37 bits per heavy atom. The summed E-state index contributed by atoms with van der Waals surface area (Å²) in [6, 6.07) is 6.26. The maximum absolute atomic E-state index is 12.7. The van der Waals surface area contributed by atoms with Crippen molar-refractivity contribution >= 4 is 11.8 Å². The Labute approximate surface area is 115 Å². The third-order valence-electron chi connectivity index (χ3n) is 2.67. The fourth-order valence-corrected chi connectivity index (χ4v) is 2.53. The second-order valence-corrected chi connectivity index (χ2v) is 5.21. The van der Waals surface area contributed by atoms with Crippen LogP contribution in [0.25, 0.3) is 0 Å². The second-order valence-electron chi connectivity index (χ2n) is 4.11. The molecular weight excluding hydrogens is 265 g/mol. The standard InChI is InChI=1S/C13H16FN3OS/c1-2-17-13(15-9-16-17)7-11(18)8-19-12-5-3-10(14)4-6-12/h3-6,9,11,18H,2,7-8H2,1H3. The van der Waals surface area contributed by atoms with Crippen LogP contribution in [-0.4, -0.2) is 31.7 Å². The second kappa shape index (κ2) is 6.68. The lowest BCUT2D eigenvalue weighted by Crippen LogP contribution is -2.17. The fourth-order valence-electron chi connectivity index (χ4n) is 1.70. The summed E-state index contributed by atoms with van der Waals surface area (Å²) in [5.41, 5.74) is 0. The van der Waals surface area contributed by atoms with Crippen LogP contribution in [0.5, 0.6) is 0 Å². The van der Waals surface area contributed by atoms with Crippen LogP contribution >= 0.6 is 11.8 Å². The predicted molar refractivity (Wildman–Crippen MR) is 72.5 cm³/mol. The van der Waals surface area contributed by atoms with Crippen LogP contribution in [-0.2, 0) is 13.0 Å². The number of aliphatic hydroxyl groups excluding tert-OH is 1. The topological polar surface area (TPSA) is 50.9 Å². The molecule has 0 amide bonds. The summed E-state index contributed by atoms with van der Waals surface area (Å²) in [7, 11) is 0. The molecule has 0 spiro atoms. The van der Waals surface area contributed by atoms with Gasteiger partial charge in [-0.2, -0.15) is 5.10 Å². The average Bonchev–Trinajstić information content (AvgIpc) is 2.85. The molecule has 0 aliphatic carbocycles. The van der Waals surface area contributed by atoms with Gasteiger partial charge >= 0.3 is 0 Å². The van der Waals surface area contributed by atoms with Crippen LogP contribution in [0.4, 0.5) is 4.39 Å². The van der Waals surface area contributed by atoms with Crippen molar-refractivity contribution in [1.82, 2.24) is 14.8 Å². The van der Waals surface area contributed by atoms with E-state index in [0.717, 1.165) is 17.3 Å². The maximum atomic E-state index is 12.7. The Kier molecular flexibility index (Phi) is 4.93. The highest BCUT2D eigenvalue weighted by Crippen LogP contribution is 2.19. The van der Waals surface area contributed by atoms with E-state index in [0.29, 0.717) is 12.2 Å². The van der Waals surface area contributed by atoms with Crippen molar-refractivity contribution in [3.05, 3.63) is 42.2 Å². The van der Waals surface area contributed by atoms with Crippen molar-refractivity contribution in [2.45, 2.75) is 30.9 Å². The monoisotopic (exact) mass is 281 g/mol. The molecule has 1 aromatic carbocycles. The number of nitrogens with zero attached hydrogens (tertiary/aromatic N) is 3. The lowest BCUT2D eigenvalue weighted by atomic mass is 10.3. The van der Waals surface area contributed by atoms with Crippen LogP contribution in [0.15, 0.2) is 35.5 Å². The van der Waals surface area contributed by atoms with Gasteiger partial charge in [-0.15, -0.1) is 11.8 Å². The highest BCUT2D eigenvalue weighted by molar-refractivity contribution is 7.99. The minimum absolute atomic E-state index is 0.249. The highest BCUT2D eigenvalue weighted by atomic mass is 32.2. The molecule has 1 heterocycles. The van der Waals surface area contributed by atoms with Gasteiger partial charge in [-0.05, 0) is 31.2 Å². The number of halogens is 1. The zero-order valence-electron chi connectivity index (χ0n) is 10.7. The van der Waals surface area contributed by atoms with Crippen LogP contribution in [0.3, 0.4) is 0 Å². The first-order valence-corrected chi connectivity index (χ1v) is 7.10. The van der Waals surface area contributed by atoms with Gasteiger partial charge in [-0.25, -0.2) is 9.37 Å². The summed E-state index contributed by atoms with van der Waals surface area (Å²) in [4.78, 5) is 5.07. The minimum Gasteiger partial charge on any atom is -0.392 e. The SMILES string of the molecule is CCn1ncnc1CC(O)CSc1ccc(F)cc1. The first-order valence-electron chi connectivity index (χ1n) is 6.12. The molecule has 0 radical (unpaired) electrons. The van der Waals surface area contributed by atoms with E-state index in [1.54, 1.807) is 16.8 Å². The Balaban J connectivity index is 1.84. The molecule has 0 bridgehead atoms. The molecule has 0 saturated carbocycles. The number of hydrogen-bond donors (Lipinski definition) is 1. The Morgan fingerprint density at radius 3 is 2.79 bits per heavy atom. The predicted octanol–water partition coefficient (Wildman–Crippen LogP) is 2.13. The first-order chi connectivity index (χ1) is 9.19. The molecule has 4 nitrogen and oxygen atoms in total. The molecule has 6 heteroatoms. The fraction of sp³-hybridized carbons (Fsp3) is 0.385. The van der Waals surface area contributed by atoms with Crippen molar-refractivity contribution in [2.75, 3.05) is 5.75 Å². The average molecular weight is 281 g/mol. The smallest absolute Gasteiger partial charge is 0.138 e. The van der Waals surface area contributed by atoms with Crippen LogP contribution < -0.4 is 0 Å². The van der Waals surface area contributed by atoms with Gasteiger partial charge in [-0.3, -0.25) is 4.68 Å². The van der Waals surface area contributed by atoms with Crippen molar-refractivity contribution in [2.24, 2.45) is 0 Å². The molecule has 0 fully saturated rings. The lowest BCUT2D eigenvalue weighted by Gasteiger charge is -2.10. The molecule has 0 saturated heterocycles. The van der Waals surface area contributed by atoms with Gasteiger partial charge in [0.15, 0.2) is 0 Å². The van der Waals surface area contributed by atoms with E-state index in [1.165, 1.54) is 30.2 Å². The molecule has 1 aromatic heterocycles. The number of thioether (sulfide) groups is 1. The van der Waals surface area contributed by atoms with Crippen LogP contribution in [0, 0.1) is 5.82 Å². The van der Waals surface area contributed by atoms with Gasteiger partial charge in [0, 0.05) is 23.6 Å². The van der Waals surface area contributed by atoms with Gasteiger partial charge in [0.05, 0.1) is 6.10 Å². The third kappa shape index (κ3) is 4.04. The largest absolute Gasteiger partial charge is 0.392 e. The van der Waals surface area contributed by atoms with Gasteiger partial charge in [0.2, 0.25) is 0 Å². The minimum atomic E-state index is -0.496. The molecule has 1 N–H and O–H groups in total. The van der Waals surface area contributed by atoms with E-state index in [4.69, 9.17) is 0 Å². The van der Waals surface area contributed by atoms with E-state index in [1.807, 2.05) is 6.92 Å². The lowest BCUT2D eigenvalue weighted by molar-refractivity contribution is 0.195. The molecule has 19 heavy (non-hydrogen) atoms. The van der Waals surface area contributed by atoms with Crippen molar-refractivity contribution in [1.29, 1.82) is 0 Å². The molecule has 0 aliphatic heterocycles. The van der Waals surface area contributed by atoms with Crippen LogP contribution in [0.1, 0.15) is 12.7 Å². The zero-order chi connectivity index (χ0) is 13.7. The normalized spacial score (nSPS) is 12.6. The summed E-state index contributed by atoms with van der Waals surface area (Å²) < 4.78 is 14.5. The number of aliphatic hydroxyl groups is 1. The van der Waals surface area contributed by atoms with Crippen molar-refractivity contribution in [3.8, 4) is 0 Å². The molecule has 1 unspecified atom stereocenters. The van der Waals surface area contributed by atoms with Gasteiger partial charge in [0.1, 0.15) is 18.0 Å². The van der Waals surface area contributed by atoms with E-state index < -0.39 is 6.10 Å².